The molecule has 0 bridgehead atoms. The average molecular weight is 277 g/mol. The molecular formula is C15H16FNO3. The van der Waals surface area contributed by atoms with Gasteiger partial charge in [-0.3, -0.25) is 9.59 Å². The number of carboxylic acids is 1. The van der Waals surface area contributed by atoms with Crippen molar-refractivity contribution < 1.29 is 19.1 Å². The van der Waals surface area contributed by atoms with Crippen LogP contribution in [-0.2, 0) is 16.1 Å². The zero-order chi connectivity index (χ0) is 14.5. The van der Waals surface area contributed by atoms with Crippen molar-refractivity contribution in [3.63, 3.8) is 0 Å². The van der Waals surface area contributed by atoms with Gasteiger partial charge in [0.05, 0.1) is 11.8 Å². The van der Waals surface area contributed by atoms with Crippen LogP contribution in [0.5, 0.6) is 0 Å². The molecule has 20 heavy (non-hydrogen) atoms. The van der Waals surface area contributed by atoms with Crippen LogP contribution < -0.4 is 5.32 Å². The Morgan fingerprint density at radius 3 is 2.60 bits per heavy atom. The summed E-state index contributed by atoms with van der Waals surface area (Å²) in [5, 5.41) is 11.8. The second-order valence-electron chi connectivity index (χ2n) is 4.84. The van der Waals surface area contributed by atoms with Crippen LogP contribution in [0.1, 0.15) is 18.4 Å². The standard InChI is InChI=1S/C15H16FNO3/c16-11-5-3-4-10(8-11)9-17-14(18)12-6-1-2-7-13(12)15(19)20/h1-5,8,12-13H,6-7,9H2,(H,17,18)(H,19,20)/t12-,13+/m1/s1. The molecule has 0 radical (unpaired) electrons. The molecule has 1 aliphatic carbocycles. The maximum atomic E-state index is 13.0. The Labute approximate surface area is 116 Å². The predicted molar refractivity (Wildman–Crippen MR) is 71.2 cm³/mol. The third-order valence-corrected chi connectivity index (χ3v) is 3.44. The number of allylic oxidation sites excluding steroid dienone is 2. The second-order valence-corrected chi connectivity index (χ2v) is 4.84. The van der Waals surface area contributed by atoms with E-state index in [4.69, 9.17) is 5.11 Å². The van der Waals surface area contributed by atoms with Gasteiger partial charge < -0.3 is 10.4 Å². The first-order valence-corrected chi connectivity index (χ1v) is 6.48. The summed E-state index contributed by atoms with van der Waals surface area (Å²) in [6.45, 7) is 0.198. The number of aliphatic carboxylic acids is 1. The summed E-state index contributed by atoms with van der Waals surface area (Å²) in [6, 6.07) is 5.95. The van der Waals surface area contributed by atoms with Gasteiger partial charge in [0.15, 0.2) is 0 Å². The van der Waals surface area contributed by atoms with Gasteiger partial charge in [0.2, 0.25) is 5.91 Å². The Morgan fingerprint density at radius 1 is 1.25 bits per heavy atom. The molecule has 2 N–H and O–H groups in total. The van der Waals surface area contributed by atoms with Crippen LogP contribution in [0.3, 0.4) is 0 Å². The summed E-state index contributed by atoms with van der Waals surface area (Å²) >= 11 is 0. The normalized spacial score (nSPS) is 21.4. The van der Waals surface area contributed by atoms with E-state index in [9.17, 15) is 14.0 Å². The van der Waals surface area contributed by atoms with Gasteiger partial charge in [-0.05, 0) is 30.5 Å². The summed E-state index contributed by atoms with van der Waals surface area (Å²) in [7, 11) is 0. The lowest BCUT2D eigenvalue weighted by molar-refractivity contribution is -0.147. The number of carbonyl (C=O) groups is 2. The van der Waals surface area contributed by atoms with Gasteiger partial charge in [0.25, 0.3) is 0 Å². The summed E-state index contributed by atoms with van der Waals surface area (Å²) in [6.07, 6.45) is 4.40. The Hall–Kier alpha value is -2.17. The highest BCUT2D eigenvalue weighted by molar-refractivity contribution is 5.85. The molecule has 1 aliphatic rings. The quantitative estimate of drug-likeness (QED) is 0.828. The molecule has 0 spiro atoms. The van der Waals surface area contributed by atoms with Crippen LogP contribution in [0.2, 0.25) is 0 Å². The van der Waals surface area contributed by atoms with E-state index in [1.165, 1.54) is 12.1 Å². The van der Waals surface area contributed by atoms with E-state index in [0.29, 0.717) is 18.4 Å². The number of hydrogen-bond donors (Lipinski definition) is 2. The highest BCUT2D eigenvalue weighted by atomic mass is 19.1. The molecule has 0 aromatic heterocycles. The summed E-state index contributed by atoms with van der Waals surface area (Å²) in [4.78, 5) is 23.2. The number of hydrogen-bond acceptors (Lipinski definition) is 2. The van der Waals surface area contributed by atoms with E-state index >= 15 is 0 Å². The molecule has 106 valence electrons. The molecule has 4 nitrogen and oxygen atoms in total. The van der Waals surface area contributed by atoms with Crippen molar-refractivity contribution in [1.29, 1.82) is 0 Å². The molecule has 0 heterocycles. The zero-order valence-corrected chi connectivity index (χ0v) is 10.9. The highest BCUT2D eigenvalue weighted by Gasteiger charge is 2.33. The van der Waals surface area contributed by atoms with Crippen molar-refractivity contribution in [2.75, 3.05) is 0 Å². The molecule has 0 saturated heterocycles. The number of benzene rings is 1. The SMILES string of the molecule is O=C(O)[C@H]1CC=CC[C@H]1C(=O)NCc1cccc(F)c1. The fraction of sp³-hybridized carbons (Fsp3) is 0.333. The minimum absolute atomic E-state index is 0.198. The molecule has 5 heteroatoms. The van der Waals surface area contributed by atoms with E-state index in [2.05, 4.69) is 5.32 Å². The lowest BCUT2D eigenvalue weighted by atomic mass is 9.82. The monoisotopic (exact) mass is 277 g/mol. The molecule has 1 aromatic carbocycles. The van der Waals surface area contributed by atoms with Crippen molar-refractivity contribution in [2.45, 2.75) is 19.4 Å². The van der Waals surface area contributed by atoms with Crippen LogP contribution in [0.4, 0.5) is 4.39 Å². The first kappa shape index (κ1) is 14.2. The summed E-state index contributed by atoms with van der Waals surface area (Å²) in [5.74, 6) is -2.87. The Kier molecular flexibility index (Phi) is 4.50. The molecule has 2 atom stereocenters. The van der Waals surface area contributed by atoms with E-state index in [0.717, 1.165) is 0 Å². The van der Waals surface area contributed by atoms with Crippen LogP contribution in [0, 0.1) is 17.7 Å². The number of amides is 1. The molecule has 0 unspecified atom stereocenters. The van der Waals surface area contributed by atoms with Crippen molar-refractivity contribution >= 4 is 11.9 Å². The van der Waals surface area contributed by atoms with Crippen LogP contribution >= 0.6 is 0 Å². The number of carboxylic acid groups (broad SMARTS) is 1. The van der Waals surface area contributed by atoms with Crippen molar-refractivity contribution in [2.24, 2.45) is 11.8 Å². The topological polar surface area (TPSA) is 66.4 Å². The number of rotatable bonds is 4. The lowest BCUT2D eigenvalue weighted by Gasteiger charge is -2.24. The number of carbonyl (C=O) groups excluding carboxylic acids is 1. The Balaban J connectivity index is 1.97. The van der Waals surface area contributed by atoms with Gasteiger partial charge in [0, 0.05) is 6.54 Å². The van der Waals surface area contributed by atoms with Crippen LogP contribution in [-0.4, -0.2) is 17.0 Å². The van der Waals surface area contributed by atoms with Gasteiger partial charge >= 0.3 is 5.97 Å². The predicted octanol–water partition coefficient (Wildman–Crippen LogP) is 2.11. The highest BCUT2D eigenvalue weighted by Crippen LogP contribution is 2.26. The molecule has 2 rings (SSSR count). The second kappa shape index (κ2) is 6.32. The van der Waals surface area contributed by atoms with Gasteiger partial charge in [0.1, 0.15) is 5.82 Å². The van der Waals surface area contributed by atoms with Gasteiger partial charge in [-0.2, -0.15) is 0 Å². The van der Waals surface area contributed by atoms with Gasteiger partial charge in [-0.15, -0.1) is 0 Å². The minimum atomic E-state index is -0.958. The molecule has 0 saturated carbocycles. The minimum Gasteiger partial charge on any atom is -0.481 e. The summed E-state index contributed by atoms with van der Waals surface area (Å²) in [5.41, 5.74) is 0.650. The maximum absolute atomic E-state index is 13.0. The van der Waals surface area contributed by atoms with Crippen molar-refractivity contribution in [1.82, 2.24) is 5.32 Å². The molecule has 0 fully saturated rings. The third kappa shape index (κ3) is 3.44. The largest absolute Gasteiger partial charge is 0.481 e. The Bertz CT molecular complexity index is 542. The lowest BCUT2D eigenvalue weighted by Crippen LogP contribution is -2.38. The molecule has 1 aromatic rings. The molecular weight excluding hydrogens is 261 g/mol. The average Bonchev–Trinajstić information content (AvgIpc) is 2.45. The zero-order valence-electron chi connectivity index (χ0n) is 10.9. The Morgan fingerprint density at radius 2 is 1.95 bits per heavy atom. The van der Waals surface area contributed by atoms with Gasteiger partial charge in [-0.1, -0.05) is 24.3 Å². The van der Waals surface area contributed by atoms with Gasteiger partial charge in [-0.25, -0.2) is 4.39 Å². The first-order chi connectivity index (χ1) is 9.58. The number of halogens is 1. The maximum Gasteiger partial charge on any atom is 0.307 e. The number of nitrogens with one attached hydrogen (secondary N) is 1. The van der Waals surface area contributed by atoms with E-state index in [1.54, 1.807) is 18.2 Å². The first-order valence-electron chi connectivity index (χ1n) is 6.48. The van der Waals surface area contributed by atoms with E-state index < -0.39 is 17.8 Å². The summed E-state index contributed by atoms with van der Waals surface area (Å²) < 4.78 is 13.0. The van der Waals surface area contributed by atoms with Crippen molar-refractivity contribution in [3.05, 3.63) is 47.8 Å². The molecule has 1 amide bonds. The van der Waals surface area contributed by atoms with E-state index in [-0.39, 0.29) is 18.3 Å². The third-order valence-electron chi connectivity index (χ3n) is 3.44. The molecule has 0 aliphatic heterocycles. The van der Waals surface area contributed by atoms with Crippen LogP contribution in [0.15, 0.2) is 36.4 Å². The fourth-order valence-electron chi connectivity index (χ4n) is 2.34. The van der Waals surface area contributed by atoms with E-state index in [1.807, 2.05) is 6.08 Å². The smallest absolute Gasteiger partial charge is 0.307 e. The van der Waals surface area contributed by atoms with Crippen molar-refractivity contribution in [3.8, 4) is 0 Å². The van der Waals surface area contributed by atoms with Crippen LogP contribution in [0.25, 0.3) is 0 Å². The fourth-order valence-corrected chi connectivity index (χ4v) is 2.34.